The van der Waals surface area contributed by atoms with E-state index < -0.39 is 0 Å². The van der Waals surface area contributed by atoms with Gasteiger partial charge in [0.1, 0.15) is 0 Å². The van der Waals surface area contributed by atoms with Crippen molar-refractivity contribution in [3.05, 3.63) is 90.8 Å². The van der Waals surface area contributed by atoms with Gasteiger partial charge >= 0.3 is 0 Å². The summed E-state index contributed by atoms with van der Waals surface area (Å²) in [5.41, 5.74) is 8.94. The third kappa shape index (κ3) is 6.79. The smallest absolute Gasteiger partial charge is 0.0838 e. The van der Waals surface area contributed by atoms with E-state index in [1.54, 1.807) is 25.5 Å². The van der Waals surface area contributed by atoms with Gasteiger partial charge in [-0.3, -0.25) is 5.41 Å². The minimum Gasteiger partial charge on any atom is -0.362 e. The highest BCUT2D eigenvalue weighted by Crippen LogP contribution is 2.21. The molecule has 5 N–H and O–H groups in total. The fourth-order valence-corrected chi connectivity index (χ4v) is 2.74. The summed E-state index contributed by atoms with van der Waals surface area (Å²) in [6, 6.07) is 17.5. The Morgan fingerprint density at radius 3 is 2.63 bits per heavy atom. The van der Waals surface area contributed by atoms with Crippen LogP contribution in [-0.4, -0.2) is 19.4 Å². The van der Waals surface area contributed by atoms with Gasteiger partial charge in [-0.25, -0.2) is 0 Å². The molecule has 0 bridgehead atoms. The molecule has 27 heavy (non-hydrogen) atoms. The second kappa shape index (κ2) is 11.0. The van der Waals surface area contributed by atoms with Gasteiger partial charge in [-0.15, -0.1) is 0 Å². The lowest BCUT2D eigenvalue weighted by Gasteiger charge is -2.13. The van der Waals surface area contributed by atoms with Crippen molar-refractivity contribution in [2.75, 3.05) is 24.3 Å². The maximum Gasteiger partial charge on any atom is 0.0838 e. The zero-order chi connectivity index (χ0) is 19.5. The van der Waals surface area contributed by atoms with Gasteiger partial charge in [-0.1, -0.05) is 30.8 Å². The highest BCUT2D eigenvalue weighted by atomic mass is 32.2. The summed E-state index contributed by atoms with van der Waals surface area (Å²) in [6.07, 6.45) is 5.29. The first-order valence-electron chi connectivity index (χ1n) is 8.38. The van der Waals surface area contributed by atoms with Crippen LogP contribution in [0, 0.1) is 5.41 Å². The third-order valence-corrected chi connectivity index (χ3v) is 4.13. The molecule has 5 nitrogen and oxygen atoms in total. The van der Waals surface area contributed by atoms with Crippen molar-refractivity contribution in [1.82, 2.24) is 0 Å². The normalized spacial score (nSPS) is 11.4. The number of nitrogens with two attached hydrogens (primary N) is 1. The minimum absolute atomic E-state index is 0.283. The molecule has 0 saturated carbocycles. The average Bonchev–Trinajstić information content (AvgIpc) is 2.68. The van der Waals surface area contributed by atoms with Crippen molar-refractivity contribution in [3.63, 3.8) is 0 Å². The number of benzene rings is 2. The Morgan fingerprint density at radius 2 is 1.93 bits per heavy atom. The van der Waals surface area contributed by atoms with Crippen LogP contribution in [0.15, 0.2) is 95.7 Å². The molecule has 0 aliphatic carbocycles. The number of rotatable bonds is 10. The molecule has 140 valence electrons. The zero-order valence-corrected chi connectivity index (χ0v) is 16.1. The summed E-state index contributed by atoms with van der Waals surface area (Å²) in [4.78, 5) is 1.00. The van der Waals surface area contributed by atoms with Crippen LogP contribution in [0.1, 0.15) is 0 Å². The van der Waals surface area contributed by atoms with Gasteiger partial charge in [0.05, 0.1) is 18.5 Å². The largest absolute Gasteiger partial charge is 0.362 e. The molecule has 2 aromatic rings. The van der Waals surface area contributed by atoms with E-state index in [4.69, 9.17) is 15.3 Å². The van der Waals surface area contributed by atoms with E-state index in [1.165, 1.54) is 12.0 Å². The molecule has 0 aliphatic heterocycles. The first-order valence-corrected chi connectivity index (χ1v) is 9.12. The highest BCUT2D eigenvalue weighted by Gasteiger charge is 2.07. The van der Waals surface area contributed by atoms with Crippen molar-refractivity contribution < 1.29 is 4.18 Å². The molecule has 2 aromatic carbocycles. The quantitative estimate of drug-likeness (QED) is 0.270. The van der Waals surface area contributed by atoms with E-state index in [1.807, 2.05) is 54.6 Å². The highest BCUT2D eigenvalue weighted by molar-refractivity contribution is 7.94. The predicted molar refractivity (Wildman–Crippen MR) is 116 cm³/mol. The Balaban J connectivity index is 2.00. The second-order valence-corrected chi connectivity index (χ2v) is 6.47. The van der Waals surface area contributed by atoms with Crippen LogP contribution >= 0.6 is 12.0 Å². The molecule has 0 aliphatic rings. The summed E-state index contributed by atoms with van der Waals surface area (Å²) in [5.74, 6) is 0. The molecule has 0 unspecified atom stereocenters. The number of hydrogen-bond acceptors (Lipinski definition) is 6. The van der Waals surface area contributed by atoms with E-state index in [2.05, 4.69) is 17.2 Å². The lowest BCUT2D eigenvalue weighted by atomic mass is 10.1. The standard InChI is InChI=1S/C21H24N4OS/c1-16(12-14-24-18-9-6-10-19(15-18)27-26-2)21(23)20(11-13-22)25-17-7-4-3-5-8-17/h3-12,14-15,23-25H,1,13,22H2,2H3/b14-12-,20-11-,23-21?. The molecular formula is C21H24N4OS. The van der Waals surface area contributed by atoms with Crippen molar-refractivity contribution in [2.24, 2.45) is 5.73 Å². The number of para-hydroxylation sites is 1. The summed E-state index contributed by atoms with van der Waals surface area (Å²) in [6.45, 7) is 4.31. The maximum absolute atomic E-state index is 8.39. The molecule has 0 spiro atoms. The van der Waals surface area contributed by atoms with Gasteiger partial charge in [0, 0.05) is 41.1 Å². The van der Waals surface area contributed by atoms with Crippen LogP contribution in [0.25, 0.3) is 0 Å². The molecule has 0 amide bonds. The molecular weight excluding hydrogens is 356 g/mol. The molecule has 0 atom stereocenters. The van der Waals surface area contributed by atoms with Crippen molar-refractivity contribution in [2.45, 2.75) is 4.90 Å². The molecule has 0 heterocycles. The first kappa shape index (κ1) is 20.5. The van der Waals surface area contributed by atoms with Crippen LogP contribution in [0.4, 0.5) is 11.4 Å². The van der Waals surface area contributed by atoms with Gasteiger partial charge < -0.3 is 20.6 Å². The molecule has 6 heteroatoms. The Morgan fingerprint density at radius 1 is 1.19 bits per heavy atom. The van der Waals surface area contributed by atoms with Crippen molar-refractivity contribution in [3.8, 4) is 0 Å². The van der Waals surface area contributed by atoms with Crippen LogP contribution < -0.4 is 16.4 Å². The number of anilines is 2. The summed E-state index contributed by atoms with van der Waals surface area (Å²) in [7, 11) is 1.64. The lowest BCUT2D eigenvalue weighted by Crippen LogP contribution is -2.14. The monoisotopic (exact) mass is 380 g/mol. The van der Waals surface area contributed by atoms with Crippen LogP contribution in [0.5, 0.6) is 0 Å². The van der Waals surface area contributed by atoms with Crippen LogP contribution in [0.3, 0.4) is 0 Å². The van der Waals surface area contributed by atoms with E-state index in [9.17, 15) is 0 Å². The first-order chi connectivity index (χ1) is 13.1. The summed E-state index contributed by atoms with van der Waals surface area (Å²) in [5, 5.41) is 14.8. The minimum atomic E-state index is 0.283. The fourth-order valence-electron chi connectivity index (χ4n) is 2.24. The van der Waals surface area contributed by atoms with Crippen molar-refractivity contribution >= 4 is 29.1 Å². The van der Waals surface area contributed by atoms with E-state index >= 15 is 0 Å². The zero-order valence-electron chi connectivity index (χ0n) is 15.2. The van der Waals surface area contributed by atoms with Gasteiger partial charge in [0.25, 0.3) is 0 Å². The molecule has 0 aromatic heterocycles. The SMILES string of the molecule is C=C(/C=C\Nc1cccc(SOC)c1)C(=N)/C(=C/CN)Nc1ccccc1. The Kier molecular flexibility index (Phi) is 8.38. The Hall–Kier alpha value is -2.80. The van der Waals surface area contributed by atoms with Crippen LogP contribution in [0.2, 0.25) is 0 Å². The van der Waals surface area contributed by atoms with E-state index in [0.29, 0.717) is 17.8 Å². The maximum atomic E-state index is 8.39. The molecule has 0 fully saturated rings. The lowest BCUT2D eigenvalue weighted by molar-refractivity contribution is 0.490. The second-order valence-electron chi connectivity index (χ2n) is 5.50. The fraction of sp³-hybridized carbons (Fsp3) is 0.0952. The van der Waals surface area contributed by atoms with Gasteiger partial charge in [0.15, 0.2) is 0 Å². The van der Waals surface area contributed by atoms with Crippen LogP contribution in [-0.2, 0) is 4.18 Å². The van der Waals surface area contributed by atoms with E-state index in [0.717, 1.165) is 16.3 Å². The van der Waals surface area contributed by atoms with Crippen molar-refractivity contribution in [1.29, 1.82) is 5.41 Å². The van der Waals surface area contributed by atoms with E-state index in [-0.39, 0.29) is 5.71 Å². The molecule has 0 radical (unpaired) electrons. The predicted octanol–water partition coefficient (Wildman–Crippen LogP) is 4.80. The summed E-state index contributed by atoms with van der Waals surface area (Å²) >= 11 is 1.30. The third-order valence-electron chi connectivity index (χ3n) is 3.51. The van der Waals surface area contributed by atoms with Gasteiger partial charge in [-0.05, 0) is 48.1 Å². The topological polar surface area (TPSA) is 83.2 Å². The van der Waals surface area contributed by atoms with Gasteiger partial charge in [-0.2, -0.15) is 0 Å². The Labute approximate surface area is 164 Å². The molecule has 0 saturated heterocycles. The summed E-state index contributed by atoms with van der Waals surface area (Å²) < 4.78 is 5.06. The number of hydrogen-bond donors (Lipinski definition) is 4. The van der Waals surface area contributed by atoms with Gasteiger partial charge in [0.2, 0.25) is 0 Å². The Bertz CT molecular complexity index is 831. The average molecular weight is 381 g/mol. The number of nitrogens with one attached hydrogen (secondary N) is 3. The molecule has 2 rings (SSSR count). The number of allylic oxidation sites excluding steroid dienone is 2.